The van der Waals surface area contributed by atoms with Crippen LogP contribution in [0.3, 0.4) is 0 Å². The van der Waals surface area contributed by atoms with Crippen molar-refractivity contribution >= 4 is 11.3 Å². The summed E-state index contributed by atoms with van der Waals surface area (Å²) in [7, 11) is 1.79. The first-order chi connectivity index (χ1) is 7.35. The van der Waals surface area contributed by atoms with Crippen LogP contribution in [0.15, 0.2) is 17.5 Å². The second-order valence-electron chi connectivity index (χ2n) is 3.91. The molecular formula is C11H18N2OS. The summed E-state index contributed by atoms with van der Waals surface area (Å²) in [5, 5.41) is 2.11. The van der Waals surface area contributed by atoms with Gasteiger partial charge in [-0.2, -0.15) is 0 Å². The summed E-state index contributed by atoms with van der Waals surface area (Å²) in [6.07, 6.45) is 1.51. The van der Waals surface area contributed by atoms with Crippen LogP contribution in [0.4, 0.5) is 0 Å². The summed E-state index contributed by atoms with van der Waals surface area (Å²) in [5.41, 5.74) is 5.85. The van der Waals surface area contributed by atoms with Crippen LogP contribution in [-0.4, -0.2) is 37.7 Å². The third-order valence-electron chi connectivity index (χ3n) is 3.05. The number of methoxy groups -OCH3 is 1. The Morgan fingerprint density at radius 1 is 1.73 bits per heavy atom. The first kappa shape index (κ1) is 11.1. The smallest absolute Gasteiger partial charge is 0.0710 e. The fraction of sp³-hybridized carbons (Fsp3) is 0.636. The van der Waals surface area contributed by atoms with Gasteiger partial charge in [0.2, 0.25) is 0 Å². The third kappa shape index (κ3) is 2.39. The van der Waals surface area contributed by atoms with E-state index in [9.17, 15) is 0 Å². The molecule has 0 bridgehead atoms. The average Bonchev–Trinajstić information content (AvgIpc) is 2.89. The van der Waals surface area contributed by atoms with Gasteiger partial charge in [-0.05, 0) is 17.9 Å². The molecular weight excluding hydrogens is 208 g/mol. The molecule has 3 nitrogen and oxygen atoms in total. The monoisotopic (exact) mass is 226 g/mol. The fourth-order valence-electron chi connectivity index (χ4n) is 2.16. The van der Waals surface area contributed by atoms with Gasteiger partial charge in [0.25, 0.3) is 0 Å². The summed E-state index contributed by atoms with van der Waals surface area (Å²) in [6.45, 7) is 2.80. The van der Waals surface area contributed by atoms with Crippen molar-refractivity contribution in [3.63, 3.8) is 0 Å². The lowest BCUT2D eigenvalue weighted by molar-refractivity contribution is 0.102. The molecule has 2 heterocycles. The van der Waals surface area contributed by atoms with Crippen molar-refractivity contribution in [1.29, 1.82) is 0 Å². The Hall–Kier alpha value is -0.420. The zero-order valence-electron chi connectivity index (χ0n) is 9.06. The van der Waals surface area contributed by atoms with Crippen molar-refractivity contribution in [3.05, 3.63) is 22.4 Å². The van der Waals surface area contributed by atoms with Crippen LogP contribution in [0.2, 0.25) is 0 Å². The van der Waals surface area contributed by atoms with Gasteiger partial charge in [0, 0.05) is 31.6 Å². The Labute approximate surface area is 94.8 Å². The van der Waals surface area contributed by atoms with Crippen LogP contribution in [0.25, 0.3) is 0 Å². The number of hydrogen-bond acceptors (Lipinski definition) is 4. The van der Waals surface area contributed by atoms with E-state index in [4.69, 9.17) is 10.5 Å². The van der Waals surface area contributed by atoms with E-state index in [-0.39, 0.29) is 0 Å². The van der Waals surface area contributed by atoms with E-state index in [0.29, 0.717) is 18.7 Å². The average molecular weight is 226 g/mol. The number of nitrogens with two attached hydrogens (primary N) is 1. The lowest BCUT2D eigenvalue weighted by atomic mass is 10.2. The molecule has 0 aromatic carbocycles. The lowest BCUT2D eigenvalue weighted by Gasteiger charge is -2.25. The van der Waals surface area contributed by atoms with E-state index in [2.05, 4.69) is 22.4 Å². The summed E-state index contributed by atoms with van der Waals surface area (Å²) in [5.74, 6) is 0. The van der Waals surface area contributed by atoms with Gasteiger partial charge in [0.1, 0.15) is 0 Å². The van der Waals surface area contributed by atoms with Crippen LogP contribution in [0.1, 0.15) is 17.3 Å². The molecule has 15 heavy (non-hydrogen) atoms. The normalized spacial score (nSPS) is 24.5. The summed E-state index contributed by atoms with van der Waals surface area (Å²) < 4.78 is 5.37. The molecule has 0 saturated carbocycles. The topological polar surface area (TPSA) is 38.5 Å². The number of likely N-dealkylation sites (tertiary alicyclic amines) is 1. The standard InChI is InChI=1S/C11H18N2OS/c1-14-9-4-5-13(8-9)10(7-12)11-3-2-6-15-11/h2-3,6,9-10H,4-5,7-8,12H2,1H3. The molecule has 0 spiro atoms. The second-order valence-corrected chi connectivity index (χ2v) is 4.89. The zero-order chi connectivity index (χ0) is 10.7. The second kappa shape index (κ2) is 5.07. The Bertz CT molecular complexity index is 289. The molecule has 0 radical (unpaired) electrons. The van der Waals surface area contributed by atoms with Crippen LogP contribution in [0.5, 0.6) is 0 Å². The van der Waals surface area contributed by atoms with Crippen molar-refractivity contribution < 1.29 is 4.74 Å². The number of thiophene rings is 1. The van der Waals surface area contributed by atoms with Gasteiger partial charge in [0.15, 0.2) is 0 Å². The molecule has 2 rings (SSSR count). The quantitative estimate of drug-likeness (QED) is 0.845. The van der Waals surface area contributed by atoms with Crippen molar-refractivity contribution in [2.45, 2.75) is 18.6 Å². The SMILES string of the molecule is COC1CCN(C(CN)c2cccs2)C1. The van der Waals surface area contributed by atoms with E-state index in [1.165, 1.54) is 4.88 Å². The maximum Gasteiger partial charge on any atom is 0.0710 e. The number of rotatable bonds is 4. The van der Waals surface area contributed by atoms with Gasteiger partial charge in [-0.1, -0.05) is 6.07 Å². The molecule has 2 atom stereocenters. The Morgan fingerprint density at radius 3 is 3.13 bits per heavy atom. The molecule has 2 unspecified atom stereocenters. The highest BCUT2D eigenvalue weighted by atomic mass is 32.1. The minimum absolute atomic E-state index is 0.380. The molecule has 0 amide bonds. The van der Waals surface area contributed by atoms with Crippen molar-refractivity contribution in [2.75, 3.05) is 26.7 Å². The van der Waals surface area contributed by atoms with E-state index in [1.807, 2.05) is 0 Å². The lowest BCUT2D eigenvalue weighted by Crippen LogP contribution is -2.32. The molecule has 1 aromatic heterocycles. The van der Waals surface area contributed by atoms with Crippen LogP contribution in [0, 0.1) is 0 Å². The first-order valence-electron chi connectivity index (χ1n) is 5.35. The number of hydrogen-bond donors (Lipinski definition) is 1. The molecule has 2 N–H and O–H groups in total. The zero-order valence-corrected chi connectivity index (χ0v) is 9.87. The minimum Gasteiger partial charge on any atom is -0.380 e. The molecule has 4 heteroatoms. The maximum atomic E-state index is 5.85. The highest BCUT2D eigenvalue weighted by Gasteiger charge is 2.28. The van der Waals surface area contributed by atoms with Crippen molar-refractivity contribution in [3.8, 4) is 0 Å². The fourth-order valence-corrected chi connectivity index (χ4v) is 3.03. The molecule has 84 valence electrons. The predicted octanol–water partition coefficient (Wildman–Crippen LogP) is 1.47. The van der Waals surface area contributed by atoms with Gasteiger partial charge < -0.3 is 10.5 Å². The minimum atomic E-state index is 0.380. The van der Waals surface area contributed by atoms with E-state index >= 15 is 0 Å². The summed E-state index contributed by atoms with van der Waals surface area (Å²) in [6, 6.07) is 4.64. The number of ether oxygens (including phenoxy) is 1. The highest BCUT2D eigenvalue weighted by molar-refractivity contribution is 7.10. The van der Waals surface area contributed by atoms with Gasteiger partial charge in [0.05, 0.1) is 12.1 Å². The van der Waals surface area contributed by atoms with Gasteiger partial charge in [-0.15, -0.1) is 11.3 Å². The predicted molar refractivity (Wildman–Crippen MR) is 63.1 cm³/mol. The van der Waals surface area contributed by atoms with Crippen molar-refractivity contribution in [2.24, 2.45) is 5.73 Å². The largest absolute Gasteiger partial charge is 0.380 e. The molecule has 1 aromatic rings. The van der Waals surface area contributed by atoms with E-state index in [0.717, 1.165) is 19.5 Å². The molecule has 1 fully saturated rings. The maximum absolute atomic E-state index is 5.85. The van der Waals surface area contributed by atoms with Gasteiger partial charge in [-0.25, -0.2) is 0 Å². The van der Waals surface area contributed by atoms with E-state index < -0.39 is 0 Å². The highest BCUT2D eigenvalue weighted by Crippen LogP contribution is 2.28. The molecule has 1 aliphatic rings. The molecule has 0 aliphatic carbocycles. The molecule has 1 saturated heterocycles. The first-order valence-corrected chi connectivity index (χ1v) is 6.23. The van der Waals surface area contributed by atoms with Crippen molar-refractivity contribution in [1.82, 2.24) is 4.90 Å². The van der Waals surface area contributed by atoms with Gasteiger partial charge in [-0.3, -0.25) is 4.90 Å². The Balaban J connectivity index is 2.02. The summed E-state index contributed by atoms with van der Waals surface area (Å²) >= 11 is 1.79. The number of nitrogens with zero attached hydrogens (tertiary/aromatic N) is 1. The molecule has 1 aliphatic heterocycles. The van der Waals surface area contributed by atoms with Gasteiger partial charge >= 0.3 is 0 Å². The third-order valence-corrected chi connectivity index (χ3v) is 4.02. The van der Waals surface area contributed by atoms with E-state index in [1.54, 1.807) is 18.4 Å². The summed E-state index contributed by atoms with van der Waals surface area (Å²) in [4.78, 5) is 3.80. The Morgan fingerprint density at radius 2 is 2.60 bits per heavy atom. The van der Waals surface area contributed by atoms with Crippen LogP contribution < -0.4 is 5.73 Å². The Kier molecular flexibility index (Phi) is 3.75. The van der Waals surface area contributed by atoms with Crippen LogP contribution >= 0.6 is 11.3 Å². The van der Waals surface area contributed by atoms with Crippen LogP contribution in [-0.2, 0) is 4.74 Å².